The summed E-state index contributed by atoms with van der Waals surface area (Å²) in [6.45, 7) is 1.76. The van der Waals surface area contributed by atoms with Crippen LogP contribution in [-0.4, -0.2) is 30.6 Å². The Morgan fingerprint density at radius 2 is 2.09 bits per heavy atom. The lowest BCUT2D eigenvalue weighted by atomic mass is 9.94. The maximum absolute atomic E-state index is 13.4. The molecule has 33 heavy (non-hydrogen) atoms. The van der Waals surface area contributed by atoms with Crippen molar-refractivity contribution in [2.45, 2.75) is 13.0 Å². The second kappa shape index (κ2) is 8.28. The van der Waals surface area contributed by atoms with Crippen LogP contribution >= 0.6 is 11.3 Å². The van der Waals surface area contributed by atoms with Gasteiger partial charge >= 0.3 is 0 Å². The van der Waals surface area contributed by atoms with Crippen LogP contribution < -0.4 is 10.6 Å². The van der Waals surface area contributed by atoms with Gasteiger partial charge in [0.25, 0.3) is 11.6 Å². The Bertz CT molecular complexity index is 1380. The largest absolute Gasteiger partial charge is 0.328 e. The Hall–Kier alpha value is -4.38. The van der Waals surface area contributed by atoms with Gasteiger partial charge in [-0.25, -0.2) is 9.67 Å². The molecule has 1 aliphatic heterocycles. The maximum atomic E-state index is 13.4. The van der Waals surface area contributed by atoms with Gasteiger partial charge in [-0.3, -0.25) is 14.9 Å². The highest BCUT2D eigenvalue weighted by Crippen LogP contribution is 2.38. The molecule has 10 nitrogen and oxygen atoms in total. The molecule has 3 aromatic heterocycles. The predicted molar refractivity (Wildman–Crippen MR) is 124 cm³/mol. The molecule has 0 saturated heterocycles. The summed E-state index contributed by atoms with van der Waals surface area (Å²) < 4.78 is 1.59. The molecule has 1 atom stereocenters. The normalized spacial score (nSPS) is 15.0. The number of carbonyl (C=O) groups is 1. The summed E-state index contributed by atoms with van der Waals surface area (Å²) in [7, 11) is 0. The first kappa shape index (κ1) is 20.5. The molecule has 1 aliphatic rings. The van der Waals surface area contributed by atoms with Crippen LogP contribution in [0.1, 0.15) is 18.5 Å². The van der Waals surface area contributed by atoms with E-state index in [9.17, 15) is 14.9 Å². The number of hydrogen-bond donors (Lipinski definition) is 2. The number of non-ortho nitro benzene ring substituents is 1. The molecular formula is C22H17N7O3S. The number of anilines is 2. The molecule has 1 aromatic carbocycles. The fraction of sp³-hybridized carbons (Fsp3) is 0.0909. The van der Waals surface area contributed by atoms with Crippen LogP contribution in [0, 0.1) is 10.1 Å². The summed E-state index contributed by atoms with van der Waals surface area (Å²) >= 11 is 1.50. The summed E-state index contributed by atoms with van der Waals surface area (Å²) in [4.78, 5) is 34.0. The van der Waals surface area contributed by atoms with E-state index in [0.29, 0.717) is 34.4 Å². The molecular weight excluding hydrogens is 442 g/mol. The zero-order valence-corrected chi connectivity index (χ0v) is 18.1. The number of fused-ring (bicyclic) bond motifs is 1. The molecule has 1 amide bonds. The van der Waals surface area contributed by atoms with Crippen LogP contribution in [0.15, 0.2) is 77.4 Å². The van der Waals surface area contributed by atoms with Gasteiger partial charge in [-0.2, -0.15) is 4.98 Å². The van der Waals surface area contributed by atoms with Gasteiger partial charge in [-0.05, 0) is 36.1 Å². The lowest BCUT2D eigenvalue weighted by molar-refractivity contribution is -0.384. The number of nitrogens with one attached hydrogen (secondary N) is 2. The van der Waals surface area contributed by atoms with E-state index < -0.39 is 16.9 Å². The van der Waals surface area contributed by atoms with E-state index in [1.54, 1.807) is 48.1 Å². The van der Waals surface area contributed by atoms with Crippen LogP contribution in [0.25, 0.3) is 10.7 Å². The van der Waals surface area contributed by atoms with Gasteiger partial charge in [0.05, 0.1) is 15.4 Å². The number of rotatable bonds is 5. The first-order valence-electron chi connectivity index (χ1n) is 9.96. The third-order valence-corrected chi connectivity index (χ3v) is 6.01. The van der Waals surface area contributed by atoms with Gasteiger partial charge in [0.1, 0.15) is 11.9 Å². The highest BCUT2D eigenvalue weighted by atomic mass is 32.1. The van der Waals surface area contributed by atoms with Gasteiger partial charge in [-0.15, -0.1) is 16.4 Å². The number of amides is 1. The number of carbonyl (C=O) groups excluding carboxylic acids is 1. The molecule has 164 valence electrons. The van der Waals surface area contributed by atoms with Crippen molar-refractivity contribution in [3.63, 3.8) is 0 Å². The SMILES string of the molecule is CC1=C(C(=O)Nc2ccccn2)C(c2cccc([N+](=O)[O-])c2)n2nc(-c3cccs3)nc2N1. The fourth-order valence-corrected chi connectivity index (χ4v) is 4.35. The number of benzene rings is 1. The lowest BCUT2D eigenvalue weighted by Crippen LogP contribution is -2.31. The molecule has 0 spiro atoms. The number of nitro benzene ring substituents is 1. The quantitative estimate of drug-likeness (QED) is 0.337. The Morgan fingerprint density at radius 1 is 1.21 bits per heavy atom. The minimum absolute atomic E-state index is 0.0756. The van der Waals surface area contributed by atoms with Crippen LogP contribution in [0.3, 0.4) is 0 Å². The van der Waals surface area contributed by atoms with Crippen molar-refractivity contribution in [3.8, 4) is 10.7 Å². The Labute approximate surface area is 191 Å². The highest BCUT2D eigenvalue weighted by Gasteiger charge is 2.35. The van der Waals surface area contributed by atoms with Crippen molar-refractivity contribution in [3.05, 3.63) is 93.1 Å². The monoisotopic (exact) mass is 459 g/mol. The minimum Gasteiger partial charge on any atom is -0.328 e. The number of pyridine rings is 1. The molecule has 11 heteroatoms. The first-order valence-corrected chi connectivity index (χ1v) is 10.8. The molecule has 0 saturated carbocycles. The van der Waals surface area contributed by atoms with Gasteiger partial charge in [-0.1, -0.05) is 24.3 Å². The minimum atomic E-state index is -0.730. The standard InChI is InChI=1S/C22H17N7O3S/c1-13-18(21(30)25-17-9-2-3-10-23-17)19(14-6-4-7-15(12-14)29(31)32)28-22(24-13)26-20(27-28)16-8-5-11-33-16/h2-12,19H,1H3,(H,23,25,30)(H,24,26,27). The van der Waals surface area contributed by atoms with Crippen molar-refractivity contribution in [1.29, 1.82) is 0 Å². The molecule has 4 heterocycles. The third kappa shape index (κ3) is 3.85. The van der Waals surface area contributed by atoms with Gasteiger partial charge in [0.2, 0.25) is 5.95 Å². The van der Waals surface area contributed by atoms with E-state index in [4.69, 9.17) is 0 Å². The van der Waals surface area contributed by atoms with E-state index >= 15 is 0 Å². The van der Waals surface area contributed by atoms with E-state index in [0.717, 1.165) is 4.88 Å². The summed E-state index contributed by atoms with van der Waals surface area (Å²) in [6.07, 6.45) is 1.58. The van der Waals surface area contributed by atoms with Crippen molar-refractivity contribution in [1.82, 2.24) is 19.7 Å². The smallest absolute Gasteiger partial charge is 0.269 e. The number of thiophene rings is 1. The van der Waals surface area contributed by atoms with Crippen LogP contribution in [0.5, 0.6) is 0 Å². The third-order valence-electron chi connectivity index (χ3n) is 5.14. The lowest BCUT2D eigenvalue weighted by Gasteiger charge is -2.28. The molecule has 1 unspecified atom stereocenters. The van der Waals surface area contributed by atoms with Gasteiger partial charge < -0.3 is 10.6 Å². The molecule has 0 bridgehead atoms. The molecule has 4 aromatic rings. The number of nitrogens with zero attached hydrogens (tertiary/aromatic N) is 5. The van der Waals surface area contributed by atoms with Crippen LogP contribution in [0.2, 0.25) is 0 Å². The molecule has 0 aliphatic carbocycles. The zero-order valence-electron chi connectivity index (χ0n) is 17.3. The summed E-state index contributed by atoms with van der Waals surface area (Å²) in [5, 5.41) is 24.0. The zero-order chi connectivity index (χ0) is 22.9. The Kier molecular flexibility index (Phi) is 5.15. The molecule has 2 N–H and O–H groups in total. The number of allylic oxidation sites excluding steroid dienone is 1. The second-order valence-corrected chi connectivity index (χ2v) is 8.22. The first-order chi connectivity index (χ1) is 16.0. The van der Waals surface area contributed by atoms with E-state index in [1.807, 2.05) is 17.5 Å². The van der Waals surface area contributed by atoms with Crippen LogP contribution in [-0.2, 0) is 4.79 Å². The van der Waals surface area contributed by atoms with E-state index in [1.165, 1.54) is 23.5 Å². The van der Waals surface area contributed by atoms with Crippen molar-refractivity contribution in [2.24, 2.45) is 0 Å². The summed E-state index contributed by atoms with van der Waals surface area (Å²) in [5.41, 5.74) is 1.39. The predicted octanol–water partition coefficient (Wildman–Crippen LogP) is 4.24. The molecule has 0 fully saturated rings. The van der Waals surface area contributed by atoms with Crippen molar-refractivity contribution < 1.29 is 9.72 Å². The number of hydrogen-bond acceptors (Lipinski definition) is 8. The average molecular weight is 459 g/mol. The topological polar surface area (TPSA) is 128 Å². The number of nitro groups is 1. The summed E-state index contributed by atoms with van der Waals surface area (Å²) in [6, 6.07) is 14.5. The average Bonchev–Trinajstić information content (AvgIpc) is 3.48. The van der Waals surface area contributed by atoms with E-state index in [2.05, 4.69) is 25.7 Å². The fourth-order valence-electron chi connectivity index (χ4n) is 3.69. The summed E-state index contributed by atoms with van der Waals surface area (Å²) in [5.74, 6) is 0.946. The maximum Gasteiger partial charge on any atom is 0.269 e. The Morgan fingerprint density at radius 3 is 2.82 bits per heavy atom. The van der Waals surface area contributed by atoms with Crippen molar-refractivity contribution in [2.75, 3.05) is 10.6 Å². The van der Waals surface area contributed by atoms with Crippen molar-refractivity contribution >= 4 is 34.7 Å². The van der Waals surface area contributed by atoms with Crippen LogP contribution in [0.4, 0.5) is 17.5 Å². The highest BCUT2D eigenvalue weighted by molar-refractivity contribution is 7.13. The van der Waals surface area contributed by atoms with Gasteiger partial charge in [0.15, 0.2) is 5.82 Å². The molecule has 5 rings (SSSR count). The second-order valence-electron chi connectivity index (χ2n) is 7.27. The molecule has 0 radical (unpaired) electrons. The van der Waals surface area contributed by atoms with Gasteiger partial charge in [0, 0.05) is 24.0 Å². The number of aromatic nitrogens is 4. The van der Waals surface area contributed by atoms with E-state index in [-0.39, 0.29) is 5.69 Å². The Balaban J connectivity index is 1.63.